The van der Waals surface area contributed by atoms with Crippen molar-refractivity contribution in [2.45, 2.75) is 11.3 Å². The molecule has 9 heteroatoms. The number of nitrogen functional groups attached to an aromatic ring is 1. The van der Waals surface area contributed by atoms with Gasteiger partial charge in [0.1, 0.15) is 4.90 Å². The Bertz CT molecular complexity index is 655. The molecule has 1 aliphatic heterocycles. The van der Waals surface area contributed by atoms with E-state index in [-0.39, 0.29) is 39.6 Å². The van der Waals surface area contributed by atoms with E-state index in [2.05, 4.69) is 0 Å². The number of nitrogens with zero attached hydrogens (tertiary/aromatic N) is 2. The highest BCUT2D eigenvalue weighted by atomic mass is 35.5. The van der Waals surface area contributed by atoms with Crippen LogP contribution in [0.4, 0.5) is 5.69 Å². The molecule has 1 aromatic rings. The van der Waals surface area contributed by atoms with E-state index in [9.17, 15) is 13.2 Å². The second-order valence-corrected chi connectivity index (χ2v) is 7.51. The first-order chi connectivity index (χ1) is 9.73. The van der Waals surface area contributed by atoms with Crippen molar-refractivity contribution >= 4 is 44.8 Å². The molecule has 1 aliphatic rings. The molecule has 0 aromatic heterocycles. The Labute approximate surface area is 133 Å². The predicted molar refractivity (Wildman–Crippen MR) is 81.9 cm³/mol. The van der Waals surface area contributed by atoms with Crippen LogP contribution in [0.1, 0.15) is 6.42 Å². The van der Waals surface area contributed by atoms with E-state index >= 15 is 0 Å². The van der Waals surface area contributed by atoms with Crippen molar-refractivity contribution in [3.8, 4) is 0 Å². The maximum atomic E-state index is 12.7. The minimum absolute atomic E-state index is 0.0509. The molecular formula is C12H15Cl2N3O3S. The molecule has 2 N–H and O–H groups in total. The van der Waals surface area contributed by atoms with Crippen molar-refractivity contribution in [3.63, 3.8) is 0 Å². The molecule has 1 fully saturated rings. The minimum Gasteiger partial charge on any atom is -0.399 e. The van der Waals surface area contributed by atoms with Crippen LogP contribution in [0.25, 0.3) is 0 Å². The lowest BCUT2D eigenvalue weighted by Gasteiger charge is -2.21. The van der Waals surface area contributed by atoms with Gasteiger partial charge in [-0.1, -0.05) is 23.2 Å². The largest absolute Gasteiger partial charge is 0.399 e. The summed E-state index contributed by atoms with van der Waals surface area (Å²) in [4.78, 5) is 13.2. The van der Waals surface area contributed by atoms with E-state index in [0.29, 0.717) is 13.0 Å². The standard InChI is InChI=1S/C12H15Cl2N3O3S/c1-16-3-2-4-17(7-11(16)18)21(19,20)12-9(13)5-8(15)6-10(12)14/h5-6H,2-4,7,15H2,1H3. The average molecular weight is 352 g/mol. The fourth-order valence-corrected chi connectivity index (χ4v) is 4.73. The number of carbonyl (C=O) groups is 1. The number of nitrogens with two attached hydrogens (primary N) is 1. The summed E-state index contributed by atoms with van der Waals surface area (Å²) >= 11 is 12.0. The smallest absolute Gasteiger partial charge is 0.246 e. The van der Waals surface area contributed by atoms with E-state index in [1.165, 1.54) is 17.0 Å². The molecule has 2 rings (SSSR count). The second kappa shape index (κ2) is 6.00. The van der Waals surface area contributed by atoms with Crippen LogP contribution in [0.2, 0.25) is 10.0 Å². The summed E-state index contributed by atoms with van der Waals surface area (Å²) in [7, 11) is -2.31. The van der Waals surface area contributed by atoms with Crippen molar-refractivity contribution in [2.75, 3.05) is 32.4 Å². The topological polar surface area (TPSA) is 83.7 Å². The average Bonchev–Trinajstić information content (AvgIpc) is 2.50. The molecule has 1 heterocycles. The molecule has 0 saturated carbocycles. The lowest BCUT2D eigenvalue weighted by molar-refractivity contribution is -0.129. The Morgan fingerprint density at radius 3 is 2.33 bits per heavy atom. The monoisotopic (exact) mass is 351 g/mol. The Hall–Kier alpha value is -1.02. The van der Waals surface area contributed by atoms with Gasteiger partial charge in [0, 0.05) is 25.8 Å². The van der Waals surface area contributed by atoms with Crippen LogP contribution in [-0.4, -0.2) is 50.2 Å². The van der Waals surface area contributed by atoms with Crippen LogP contribution in [-0.2, 0) is 14.8 Å². The lowest BCUT2D eigenvalue weighted by atomic mass is 10.3. The van der Waals surface area contributed by atoms with Gasteiger partial charge in [0.05, 0.1) is 16.6 Å². The van der Waals surface area contributed by atoms with E-state index < -0.39 is 10.0 Å². The van der Waals surface area contributed by atoms with Gasteiger partial charge in [0.2, 0.25) is 15.9 Å². The molecular weight excluding hydrogens is 337 g/mol. The molecule has 1 amide bonds. The highest BCUT2D eigenvalue weighted by Crippen LogP contribution is 2.34. The van der Waals surface area contributed by atoms with Gasteiger partial charge >= 0.3 is 0 Å². The number of hydrogen-bond acceptors (Lipinski definition) is 4. The number of benzene rings is 1. The van der Waals surface area contributed by atoms with Crippen molar-refractivity contribution in [1.29, 1.82) is 0 Å². The van der Waals surface area contributed by atoms with Gasteiger partial charge in [0.25, 0.3) is 0 Å². The number of amides is 1. The maximum Gasteiger partial charge on any atom is 0.246 e. The van der Waals surface area contributed by atoms with Gasteiger partial charge in [-0.25, -0.2) is 8.42 Å². The van der Waals surface area contributed by atoms with Gasteiger partial charge in [-0.05, 0) is 18.6 Å². The zero-order valence-corrected chi connectivity index (χ0v) is 13.7. The molecule has 0 atom stereocenters. The zero-order chi connectivity index (χ0) is 15.8. The zero-order valence-electron chi connectivity index (χ0n) is 11.3. The maximum absolute atomic E-state index is 12.7. The summed E-state index contributed by atoms with van der Waals surface area (Å²) in [6.45, 7) is 0.513. The summed E-state index contributed by atoms with van der Waals surface area (Å²) in [5.74, 6) is -0.265. The first kappa shape index (κ1) is 16.4. The number of sulfonamides is 1. The van der Waals surface area contributed by atoms with Crippen LogP contribution < -0.4 is 5.73 Å². The minimum atomic E-state index is -3.95. The molecule has 0 aliphatic carbocycles. The number of anilines is 1. The number of rotatable bonds is 2. The Kier molecular flexibility index (Phi) is 4.67. The molecule has 116 valence electrons. The highest BCUT2D eigenvalue weighted by Gasteiger charge is 2.33. The summed E-state index contributed by atoms with van der Waals surface area (Å²) in [5, 5.41) is -0.102. The molecule has 0 radical (unpaired) electrons. The van der Waals surface area contributed by atoms with E-state index in [1.807, 2.05) is 0 Å². The quantitative estimate of drug-likeness (QED) is 0.816. The third-order valence-electron chi connectivity index (χ3n) is 3.26. The molecule has 6 nitrogen and oxygen atoms in total. The van der Waals surface area contributed by atoms with Crippen LogP contribution in [0, 0.1) is 0 Å². The fourth-order valence-electron chi connectivity index (χ4n) is 2.12. The van der Waals surface area contributed by atoms with Crippen LogP contribution in [0.3, 0.4) is 0 Å². The summed E-state index contributed by atoms with van der Waals surface area (Å²) < 4.78 is 26.5. The Balaban J connectivity index is 2.45. The van der Waals surface area contributed by atoms with Crippen molar-refractivity contribution < 1.29 is 13.2 Å². The first-order valence-corrected chi connectivity index (χ1v) is 8.41. The summed E-state index contributed by atoms with van der Waals surface area (Å²) in [6, 6.07) is 2.65. The molecule has 0 bridgehead atoms. The Morgan fingerprint density at radius 2 is 1.76 bits per heavy atom. The van der Waals surface area contributed by atoms with Gasteiger partial charge in [-0.2, -0.15) is 4.31 Å². The molecule has 1 aromatic carbocycles. The van der Waals surface area contributed by atoms with Crippen LogP contribution in [0.15, 0.2) is 17.0 Å². The molecule has 21 heavy (non-hydrogen) atoms. The van der Waals surface area contributed by atoms with Gasteiger partial charge in [-0.3, -0.25) is 4.79 Å². The molecule has 0 unspecified atom stereocenters. The summed E-state index contributed by atoms with van der Waals surface area (Å²) in [6.07, 6.45) is 0.547. The molecule has 1 saturated heterocycles. The number of halogens is 2. The normalized spacial score (nSPS) is 17.9. The van der Waals surface area contributed by atoms with Crippen molar-refractivity contribution in [1.82, 2.24) is 9.21 Å². The SMILES string of the molecule is CN1CCCN(S(=O)(=O)c2c(Cl)cc(N)cc2Cl)CC1=O. The van der Waals surface area contributed by atoms with Gasteiger partial charge in [0.15, 0.2) is 0 Å². The first-order valence-electron chi connectivity index (χ1n) is 6.22. The predicted octanol–water partition coefficient (Wildman–Crippen LogP) is 1.43. The van der Waals surface area contributed by atoms with Crippen LogP contribution in [0.5, 0.6) is 0 Å². The van der Waals surface area contributed by atoms with Gasteiger partial charge < -0.3 is 10.6 Å². The number of likely N-dealkylation sites (N-methyl/N-ethyl adjacent to an activating group) is 1. The lowest BCUT2D eigenvalue weighted by Crippen LogP contribution is -2.38. The number of hydrogen-bond donors (Lipinski definition) is 1. The highest BCUT2D eigenvalue weighted by molar-refractivity contribution is 7.89. The summed E-state index contributed by atoms with van der Waals surface area (Å²) in [5.41, 5.74) is 5.85. The third-order valence-corrected chi connectivity index (χ3v) is 6.02. The van der Waals surface area contributed by atoms with E-state index in [4.69, 9.17) is 28.9 Å². The molecule has 0 spiro atoms. The van der Waals surface area contributed by atoms with E-state index in [1.54, 1.807) is 7.05 Å². The van der Waals surface area contributed by atoms with Crippen molar-refractivity contribution in [2.24, 2.45) is 0 Å². The van der Waals surface area contributed by atoms with Gasteiger partial charge in [-0.15, -0.1) is 0 Å². The second-order valence-electron chi connectivity index (χ2n) is 4.82. The van der Waals surface area contributed by atoms with E-state index in [0.717, 1.165) is 4.31 Å². The fraction of sp³-hybridized carbons (Fsp3) is 0.417. The third kappa shape index (κ3) is 3.26. The van der Waals surface area contributed by atoms with Crippen LogP contribution >= 0.6 is 23.2 Å². The number of carbonyl (C=O) groups excluding carboxylic acids is 1. The van der Waals surface area contributed by atoms with Crippen molar-refractivity contribution in [3.05, 3.63) is 22.2 Å². The Morgan fingerprint density at radius 1 is 1.19 bits per heavy atom.